The maximum Gasteiger partial charge on any atom is 0.122 e. The third-order valence-electron chi connectivity index (χ3n) is 3.04. The van der Waals surface area contributed by atoms with Gasteiger partial charge in [-0.2, -0.15) is 11.8 Å². The van der Waals surface area contributed by atoms with E-state index in [9.17, 15) is 5.11 Å². The van der Waals surface area contributed by atoms with Gasteiger partial charge in [-0.25, -0.2) is 0 Å². The van der Waals surface area contributed by atoms with Crippen LogP contribution in [-0.2, 0) is 6.42 Å². The Morgan fingerprint density at radius 1 is 1.39 bits per heavy atom. The number of aliphatic hydroxyl groups is 1. The average Bonchev–Trinajstić information content (AvgIpc) is 2.36. The quantitative estimate of drug-likeness (QED) is 0.821. The summed E-state index contributed by atoms with van der Waals surface area (Å²) in [7, 11) is 1.68. The minimum atomic E-state index is -0.306. The molecular formula is C15H24O2S. The van der Waals surface area contributed by atoms with Crippen molar-refractivity contribution >= 4 is 11.8 Å². The summed E-state index contributed by atoms with van der Waals surface area (Å²) in [5, 5.41) is 10.7. The Balaban J connectivity index is 2.57. The van der Waals surface area contributed by atoms with Crippen LogP contribution < -0.4 is 4.74 Å². The van der Waals surface area contributed by atoms with Gasteiger partial charge in [0.25, 0.3) is 0 Å². The molecule has 0 aliphatic rings. The number of rotatable bonds is 7. The summed E-state index contributed by atoms with van der Waals surface area (Å²) < 4.78 is 5.33. The second-order valence-corrected chi connectivity index (χ2v) is 6.20. The molecule has 2 nitrogen and oxygen atoms in total. The molecule has 0 saturated heterocycles. The van der Waals surface area contributed by atoms with Gasteiger partial charge in [-0.05, 0) is 25.0 Å². The van der Waals surface area contributed by atoms with Crippen LogP contribution in [0.1, 0.15) is 31.4 Å². The molecule has 1 rings (SSSR count). The Bertz CT molecular complexity index is 366. The first-order valence-corrected chi connectivity index (χ1v) is 7.54. The molecule has 3 heteroatoms. The van der Waals surface area contributed by atoms with Crippen molar-refractivity contribution < 1.29 is 9.84 Å². The van der Waals surface area contributed by atoms with E-state index in [1.807, 2.05) is 23.9 Å². The third-order valence-corrected chi connectivity index (χ3v) is 4.52. The predicted molar refractivity (Wildman–Crippen MR) is 79.7 cm³/mol. The first-order chi connectivity index (χ1) is 8.56. The highest BCUT2D eigenvalue weighted by Crippen LogP contribution is 2.23. The van der Waals surface area contributed by atoms with Gasteiger partial charge in [-0.1, -0.05) is 31.5 Å². The standard InChI is InChI=1S/C15H24O2S/c1-5-12(3)18-10-14(16)9-13-8-11(2)6-7-15(13)17-4/h6-8,12,14,16H,5,9-10H2,1-4H3. The van der Waals surface area contributed by atoms with Crippen LogP contribution >= 0.6 is 11.8 Å². The smallest absolute Gasteiger partial charge is 0.122 e. The molecule has 0 bridgehead atoms. The zero-order valence-corrected chi connectivity index (χ0v) is 12.6. The number of benzene rings is 1. The van der Waals surface area contributed by atoms with Gasteiger partial charge in [0.15, 0.2) is 0 Å². The summed E-state index contributed by atoms with van der Waals surface area (Å²) in [6.07, 6.45) is 1.50. The maximum atomic E-state index is 10.1. The number of hydrogen-bond acceptors (Lipinski definition) is 3. The molecule has 0 heterocycles. The Morgan fingerprint density at radius 2 is 2.11 bits per heavy atom. The Morgan fingerprint density at radius 3 is 2.72 bits per heavy atom. The molecule has 102 valence electrons. The second-order valence-electron chi connectivity index (χ2n) is 4.73. The summed E-state index contributed by atoms with van der Waals surface area (Å²) in [5.74, 6) is 1.65. The molecule has 0 radical (unpaired) electrons. The van der Waals surface area contributed by atoms with E-state index in [2.05, 4.69) is 26.8 Å². The van der Waals surface area contributed by atoms with E-state index in [1.54, 1.807) is 7.11 Å². The van der Waals surface area contributed by atoms with Crippen LogP contribution in [-0.4, -0.2) is 29.3 Å². The number of aliphatic hydroxyl groups excluding tert-OH is 1. The van der Waals surface area contributed by atoms with Gasteiger partial charge in [-0.3, -0.25) is 0 Å². The first kappa shape index (κ1) is 15.4. The van der Waals surface area contributed by atoms with Crippen LogP contribution in [0.25, 0.3) is 0 Å². The monoisotopic (exact) mass is 268 g/mol. The summed E-state index contributed by atoms with van der Waals surface area (Å²) in [4.78, 5) is 0. The van der Waals surface area contributed by atoms with Crippen molar-refractivity contribution in [3.8, 4) is 5.75 Å². The normalized spacial score (nSPS) is 14.3. The molecule has 1 aromatic rings. The molecule has 1 aromatic carbocycles. The van der Waals surface area contributed by atoms with E-state index >= 15 is 0 Å². The molecule has 0 spiro atoms. The summed E-state index contributed by atoms with van der Waals surface area (Å²) in [6, 6.07) is 6.10. The molecule has 0 aromatic heterocycles. The van der Waals surface area contributed by atoms with Crippen LogP contribution in [0.4, 0.5) is 0 Å². The van der Waals surface area contributed by atoms with E-state index in [4.69, 9.17) is 4.74 Å². The first-order valence-electron chi connectivity index (χ1n) is 6.50. The molecule has 2 atom stereocenters. The van der Waals surface area contributed by atoms with Crippen molar-refractivity contribution in [3.63, 3.8) is 0 Å². The van der Waals surface area contributed by atoms with Crippen LogP contribution in [0.2, 0.25) is 0 Å². The van der Waals surface area contributed by atoms with Crippen molar-refractivity contribution in [2.75, 3.05) is 12.9 Å². The zero-order valence-electron chi connectivity index (χ0n) is 11.8. The van der Waals surface area contributed by atoms with Crippen LogP contribution in [0.3, 0.4) is 0 Å². The van der Waals surface area contributed by atoms with Gasteiger partial charge < -0.3 is 9.84 Å². The lowest BCUT2D eigenvalue weighted by Crippen LogP contribution is -2.16. The number of methoxy groups -OCH3 is 1. The highest BCUT2D eigenvalue weighted by Gasteiger charge is 2.11. The SMILES string of the molecule is CCC(C)SCC(O)Cc1cc(C)ccc1OC. The second kappa shape index (κ2) is 7.70. The molecule has 0 saturated carbocycles. The fourth-order valence-corrected chi connectivity index (χ4v) is 2.68. The fourth-order valence-electron chi connectivity index (χ4n) is 1.77. The Labute approximate surface area is 115 Å². The molecule has 18 heavy (non-hydrogen) atoms. The minimum Gasteiger partial charge on any atom is -0.496 e. The molecule has 1 N–H and O–H groups in total. The lowest BCUT2D eigenvalue weighted by atomic mass is 10.0. The summed E-state index contributed by atoms with van der Waals surface area (Å²) >= 11 is 1.83. The van der Waals surface area contributed by atoms with Gasteiger partial charge >= 0.3 is 0 Å². The summed E-state index contributed by atoms with van der Waals surface area (Å²) in [6.45, 7) is 6.43. The lowest BCUT2D eigenvalue weighted by Gasteiger charge is -2.15. The highest BCUT2D eigenvalue weighted by atomic mass is 32.2. The fraction of sp³-hybridized carbons (Fsp3) is 0.600. The van der Waals surface area contributed by atoms with Crippen LogP contribution in [0.15, 0.2) is 18.2 Å². The van der Waals surface area contributed by atoms with E-state index in [1.165, 1.54) is 5.56 Å². The van der Waals surface area contributed by atoms with Gasteiger partial charge in [0.2, 0.25) is 0 Å². The molecule has 2 unspecified atom stereocenters. The van der Waals surface area contributed by atoms with Crippen molar-refractivity contribution in [3.05, 3.63) is 29.3 Å². The van der Waals surface area contributed by atoms with Crippen LogP contribution in [0, 0.1) is 6.92 Å². The third kappa shape index (κ3) is 4.91. The molecule has 0 fully saturated rings. The van der Waals surface area contributed by atoms with Crippen molar-refractivity contribution in [1.82, 2.24) is 0 Å². The van der Waals surface area contributed by atoms with E-state index in [0.29, 0.717) is 11.7 Å². The molecular weight excluding hydrogens is 244 g/mol. The topological polar surface area (TPSA) is 29.5 Å². The molecule has 0 amide bonds. The maximum absolute atomic E-state index is 10.1. The van der Waals surface area contributed by atoms with Gasteiger partial charge in [0, 0.05) is 17.4 Å². The van der Waals surface area contributed by atoms with Gasteiger partial charge in [0.1, 0.15) is 5.75 Å². The molecule has 0 aliphatic carbocycles. The van der Waals surface area contributed by atoms with E-state index in [0.717, 1.165) is 23.5 Å². The molecule has 0 aliphatic heterocycles. The van der Waals surface area contributed by atoms with Crippen molar-refractivity contribution in [2.24, 2.45) is 0 Å². The van der Waals surface area contributed by atoms with E-state index < -0.39 is 0 Å². The van der Waals surface area contributed by atoms with Gasteiger partial charge in [-0.15, -0.1) is 0 Å². The highest BCUT2D eigenvalue weighted by molar-refractivity contribution is 7.99. The summed E-state index contributed by atoms with van der Waals surface area (Å²) in [5.41, 5.74) is 2.29. The van der Waals surface area contributed by atoms with Crippen molar-refractivity contribution in [1.29, 1.82) is 0 Å². The van der Waals surface area contributed by atoms with Crippen molar-refractivity contribution in [2.45, 2.75) is 45.0 Å². The lowest BCUT2D eigenvalue weighted by molar-refractivity contribution is 0.198. The number of hydrogen-bond donors (Lipinski definition) is 1. The Hall–Kier alpha value is -0.670. The number of ether oxygens (including phenoxy) is 1. The zero-order chi connectivity index (χ0) is 13.5. The minimum absolute atomic E-state index is 0.306. The Kier molecular flexibility index (Phi) is 6.58. The largest absolute Gasteiger partial charge is 0.496 e. The number of thioether (sulfide) groups is 1. The van der Waals surface area contributed by atoms with E-state index in [-0.39, 0.29) is 6.10 Å². The average molecular weight is 268 g/mol. The predicted octanol–water partition coefficient (Wildman–Crippen LogP) is 3.44. The van der Waals surface area contributed by atoms with Crippen LogP contribution in [0.5, 0.6) is 5.75 Å². The number of aryl methyl sites for hydroxylation is 1. The van der Waals surface area contributed by atoms with Gasteiger partial charge in [0.05, 0.1) is 13.2 Å².